The normalized spacial score (nSPS) is 22.4. The van der Waals surface area contributed by atoms with E-state index in [9.17, 15) is 19.2 Å². The highest BCUT2D eigenvalue weighted by atomic mass is 16.5. The molecule has 1 aromatic rings. The summed E-state index contributed by atoms with van der Waals surface area (Å²) in [6.07, 6.45) is 3.51. The Morgan fingerprint density at radius 3 is 2.31 bits per heavy atom. The van der Waals surface area contributed by atoms with Crippen molar-refractivity contribution in [3.05, 3.63) is 42.0 Å². The molecule has 8 nitrogen and oxygen atoms in total. The molecule has 0 radical (unpaired) electrons. The van der Waals surface area contributed by atoms with Crippen molar-refractivity contribution in [1.82, 2.24) is 4.90 Å². The van der Waals surface area contributed by atoms with Crippen LogP contribution in [0.3, 0.4) is 0 Å². The van der Waals surface area contributed by atoms with Gasteiger partial charge in [0.05, 0.1) is 23.1 Å². The first-order valence-electron chi connectivity index (χ1n) is 9.37. The first kappa shape index (κ1) is 20.3. The van der Waals surface area contributed by atoms with E-state index in [0.29, 0.717) is 18.5 Å². The maximum Gasteiger partial charge on any atom is 0.329 e. The van der Waals surface area contributed by atoms with E-state index in [1.54, 1.807) is 24.3 Å². The molecule has 1 heterocycles. The van der Waals surface area contributed by atoms with Crippen molar-refractivity contribution in [3.63, 3.8) is 0 Å². The van der Waals surface area contributed by atoms with Gasteiger partial charge in [-0.15, -0.1) is 0 Å². The van der Waals surface area contributed by atoms with Crippen LogP contribution in [-0.4, -0.2) is 40.7 Å². The number of anilines is 1. The highest BCUT2D eigenvalue weighted by Gasteiger charge is 2.50. The molecule has 1 aromatic carbocycles. The highest BCUT2D eigenvalue weighted by Crippen LogP contribution is 2.36. The van der Waals surface area contributed by atoms with Crippen molar-refractivity contribution in [3.8, 4) is 6.07 Å². The Bertz CT molecular complexity index is 906. The fourth-order valence-electron chi connectivity index (χ4n) is 3.56. The van der Waals surface area contributed by atoms with Crippen LogP contribution in [-0.2, 0) is 23.9 Å². The number of esters is 1. The summed E-state index contributed by atoms with van der Waals surface area (Å²) in [6.45, 7) is 2.80. The average Bonchev–Trinajstić information content (AvgIpc) is 2.98. The number of carbonyl (C=O) groups excluding carboxylic acids is 4. The number of nitriles is 1. The number of likely N-dealkylation sites (tertiary alicyclic amines) is 1. The van der Waals surface area contributed by atoms with Crippen LogP contribution < -0.4 is 5.32 Å². The second kappa shape index (κ2) is 8.27. The number of benzene rings is 1. The molecule has 1 aliphatic carbocycles. The summed E-state index contributed by atoms with van der Waals surface area (Å²) in [4.78, 5) is 51.0. The molecule has 0 aromatic heterocycles. The zero-order chi connectivity index (χ0) is 21.1. The van der Waals surface area contributed by atoms with Gasteiger partial charge in [0.1, 0.15) is 12.1 Å². The number of hydrogen-bond donors (Lipinski definition) is 1. The van der Waals surface area contributed by atoms with Gasteiger partial charge in [-0.05, 0) is 38.8 Å². The lowest BCUT2D eigenvalue weighted by Gasteiger charge is -2.23. The molecule has 1 fully saturated rings. The Balaban J connectivity index is 1.63. The zero-order valence-corrected chi connectivity index (χ0v) is 16.1. The third-order valence-electron chi connectivity index (χ3n) is 5.24. The molecule has 0 saturated carbocycles. The van der Waals surface area contributed by atoms with Crippen molar-refractivity contribution < 1.29 is 23.9 Å². The quantitative estimate of drug-likeness (QED) is 0.461. The van der Waals surface area contributed by atoms with Crippen LogP contribution >= 0.6 is 0 Å². The summed E-state index contributed by atoms with van der Waals surface area (Å²) < 4.78 is 5.19. The standard InChI is InChI=1S/C21H21N3O5/c1-12(24-19(26)15-8-4-5-9-16(15)20(24)27)21(28)29-13(2)18(25)23-17-10-6-3-7-14(17)11-22/h3-7,10,12-13,15-16H,8-9H2,1-2H3,(H,23,25)/t12-,13-,15-,16+/m0/s1. The van der Waals surface area contributed by atoms with E-state index in [0.717, 1.165) is 4.90 Å². The lowest BCUT2D eigenvalue weighted by atomic mass is 9.85. The van der Waals surface area contributed by atoms with E-state index in [4.69, 9.17) is 10.00 Å². The van der Waals surface area contributed by atoms with Crippen LogP contribution in [0.15, 0.2) is 36.4 Å². The van der Waals surface area contributed by atoms with Gasteiger partial charge < -0.3 is 10.1 Å². The molecular formula is C21H21N3O5. The molecule has 0 bridgehead atoms. The molecule has 3 amide bonds. The summed E-state index contributed by atoms with van der Waals surface area (Å²) in [7, 11) is 0. The van der Waals surface area contributed by atoms with Crippen LogP contribution in [0.25, 0.3) is 0 Å². The monoisotopic (exact) mass is 395 g/mol. The highest BCUT2D eigenvalue weighted by molar-refractivity contribution is 6.08. The van der Waals surface area contributed by atoms with Gasteiger partial charge in [-0.1, -0.05) is 24.3 Å². The average molecular weight is 395 g/mol. The van der Waals surface area contributed by atoms with Gasteiger partial charge in [0.15, 0.2) is 6.10 Å². The van der Waals surface area contributed by atoms with Crippen molar-refractivity contribution in [2.75, 3.05) is 5.32 Å². The van der Waals surface area contributed by atoms with Crippen molar-refractivity contribution in [2.45, 2.75) is 38.8 Å². The minimum atomic E-state index is -1.17. The number of allylic oxidation sites excluding steroid dienone is 2. The van der Waals surface area contributed by atoms with Crippen molar-refractivity contribution in [1.29, 1.82) is 5.26 Å². The molecular weight excluding hydrogens is 374 g/mol. The van der Waals surface area contributed by atoms with Gasteiger partial charge in [-0.3, -0.25) is 19.3 Å². The summed E-state index contributed by atoms with van der Waals surface area (Å²) >= 11 is 0. The zero-order valence-electron chi connectivity index (χ0n) is 16.1. The first-order valence-corrected chi connectivity index (χ1v) is 9.37. The second-order valence-corrected chi connectivity index (χ2v) is 7.10. The van der Waals surface area contributed by atoms with Gasteiger partial charge in [-0.25, -0.2) is 4.79 Å². The number of imide groups is 1. The van der Waals surface area contributed by atoms with Crippen molar-refractivity contribution >= 4 is 29.4 Å². The predicted molar refractivity (Wildman–Crippen MR) is 102 cm³/mol. The van der Waals surface area contributed by atoms with Gasteiger partial charge in [-0.2, -0.15) is 5.26 Å². The fourth-order valence-corrected chi connectivity index (χ4v) is 3.56. The third-order valence-corrected chi connectivity index (χ3v) is 5.24. The Hall–Kier alpha value is -3.47. The van der Waals surface area contributed by atoms with Gasteiger partial charge in [0.2, 0.25) is 11.8 Å². The molecule has 29 heavy (non-hydrogen) atoms. The maximum atomic E-state index is 12.6. The molecule has 1 aliphatic heterocycles. The SMILES string of the molecule is C[C@H](OC(=O)[C@H](C)N1C(=O)[C@H]2CC=CC[C@H]2C1=O)C(=O)Nc1ccccc1C#N. The van der Waals surface area contributed by atoms with E-state index in [-0.39, 0.29) is 17.4 Å². The van der Waals surface area contributed by atoms with Gasteiger partial charge >= 0.3 is 5.97 Å². The topological polar surface area (TPSA) is 117 Å². The van der Waals surface area contributed by atoms with Gasteiger partial charge in [0, 0.05) is 0 Å². The maximum absolute atomic E-state index is 12.6. The van der Waals surface area contributed by atoms with E-state index in [1.807, 2.05) is 18.2 Å². The number of nitrogens with one attached hydrogen (secondary N) is 1. The molecule has 1 N–H and O–H groups in total. The molecule has 0 unspecified atom stereocenters. The molecule has 150 valence electrons. The lowest BCUT2D eigenvalue weighted by Crippen LogP contribution is -2.46. The molecule has 2 aliphatic rings. The number of amides is 3. The smallest absolute Gasteiger partial charge is 0.329 e. The Labute approximate surface area is 168 Å². The van der Waals surface area contributed by atoms with E-state index in [1.165, 1.54) is 13.8 Å². The fraction of sp³-hybridized carbons (Fsp3) is 0.381. The number of ether oxygens (including phenoxy) is 1. The Kier molecular flexibility index (Phi) is 5.78. The summed E-state index contributed by atoms with van der Waals surface area (Å²) in [5.41, 5.74) is 0.578. The molecule has 8 heteroatoms. The van der Waals surface area contributed by atoms with Crippen LogP contribution in [0, 0.1) is 23.2 Å². The lowest BCUT2D eigenvalue weighted by molar-refractivity contribution is -0.163. The van der Waals surface area contributed by atoms with Crippen molar-refractivity contribution in [2.24, 2.45) is 11.8 Å². The number of rotatable bonds is 5. The molecule has 4 atom stereocenters. The Morgan fingerprint density at radius 1 is 1.14 bits per heavy atom. The minimum absolute atomic E-state index is 0.275. The Morgan fingerprint density at radius 2 is 1.72 bits per heavy atom. The van der Waals surface area contributed by atoms with E-state index in [2.05, 4.69) is 5.32 Å². The molecule has 0 spiro atoms. The third kappa shape index (κ3) is 3.90. The molecule has 1 saturated heterocycles. The molecule has 3 rings (SSSR count). The van der Waals surface area contributed by atoms with Crippen LogP contribution in [0.4, 0.5) is 5.69 Å². The number of fused-ring (bicyclic) bond motifs is 1. The number of carbonyl (C=O) groups is 4. The van der Waals surface area contributed by atoms with Crippen LogP contribution in [0.2, 0.25) is 0 Å². The predicted octanol–water partition coefficient (Wildman–Crippen LogP) is 1.77. The van der Waals surface area contributed by atoms with Crippen LogP contribution in [0.5, 0.6) is 0 Å². The number of hydrogen-bond acceptors (Lipinski definition) is 6. The van der Waals surface area contributed by atoms with Gasteiger partial charge in [0.25, 0.3) is 5.91 Å². The largest absolute Gasteiger partial charge is 0.451 e. The minimum Gasteiger partial charge on any atom is -0.451 e. The summed E-state index contributed by atoms with van der Waals surface area (Å²) in [5.74, 6) is -3.10. The summed E-state index contributed by atoms with van der Waals surface area (Å²) in [5, 5.41) is 11.6. The van der Waals surface area contributed by atoms with E-state index >= 15 is 0 Å². The number of para-hydroxylation sites is 1. The van der Waals surface area contributed by atoms with E-state index < -0.39 is 35.9 Å². The van der Waals surface area contributed by atoms with Crippen LogP contribution in [0.1, 0.15) is 32.3 Å². The number of nitrogens with zero attached hydrogens (tertiary/aromatic N) is 2. The summed E-state index contributed by atoms with van der Waals surface area (Å²) in [6, 6.07) is 7.27. The first-order chi connectivity index (χ1) is 13.8. The second-order valence-electron chi connectivity index (χ2n) is 7.10.